The number of hydrogen-bond donors (Lipinski definition) is 1. The van der Waals surface area contributed by atoms with Crippen LogP contribution < -0.4 is 5.32 Å². The Hall–Kier alpha value is -1.65. The first-order chi connectivity index (χ1) is 8.61. The van der Waals surface area contributed by atoms with Crippen molar-refractivity contribution in [3.8, 4) is 0 Å². The van der Waals surface area contributed by atoms with Gasteiger partial charge in [0.25, 0.3) is 0 Å². The van der Waals surface area contributed by atoms with Crippen molar-refractivity contribution in [2.45, 2.75) is 6.92 Å². The quantitative estimate of drug-likeness (QED) is 0.689. The van der Waals surface area contributed by atoms with E-state index in [1.54, 1.807) is 0 Å². The molecule has 0 fully saturated rings. The summed E-state index contributed by atoms with van der Waals surface area (Å²) < 4.78 is 0. The second-order valence-electron chi connectivity index (χ2n) is 3.65. The highest BCUT2D eigenvalue weighted by Crippen LogP contribution is 2.27. The molecule has 1 heterocycles. The summed E-state index contributed by atoms with van der Waals surface area (Å²) >= 11 is 11.9. The van der Waals surface area contributed by atoms with E-state index < -0.39 is 0 Å². The molecule has 0 aliphatic heterocycles. The van der Waals surface area contributed by atoms with Crippen molar-refractivity contribution >= 4 is 41.0 Å². The first-order valence-electron chi connectivity index (χ1n) is 5.10. The normalized spacial score (nSPS) is 10.2. The summed E-state index contributed by atoms with van der Waals surface area (Å²) in [5.74, 6) is 0.329. The molecule has 0 atom stereocenters. The fourth-order valence-corrected chi connectivity index (χ4v) is 1.89. The van der Waals surface area contributed by atoms with Crippen molar-refractivity contribution < 1.29 is 4.79 Å². The van der Waals surface area contributed by atoms with Crippen molar-refractivity contribution in [3.63, 3.8) is 0 Å². The molecule has 1 N–H and O–H groups in total. The van der Waals surface area contributed by atoms with Crippen LogP contribution in [0, 0.1) is 6.92 Å². The Bertz CT molecular complexity index is 602. The maximum absolute atomic E-state index is 10.9. The lowest BCUT2D eigenvalue weighted by atomic mass is 10.2. The number of aryl methyl sites for hydroxylation is 1. The number of halogens is 2. The number of nitrogens with zero attached hydrogens (tertiary/aromatic N) is 2. The van der Waals surface area contributed by atoms with Crippen LogP contribution in [-0.2, 0) is 0 Å². The Labute approximate surface area is 114 Å². The molecular formula is C12H9Cl2N3O. The highest BCUT2D eigenvalue weighted by atomic mass is 35.5. The molecule has 2 rings (SSSR count). The van der Waals surface area contributed by atoms with Crippen molar-refractivity contribution in [2.75, 3.05) is 5.32 Å². The largest absolute Gasteiger partial charge is 0.338 e. The summed E-state index contributed by atoms with van der Waals surface area (Å²) in [5, 5.41) is 3.61. The summed E-state index contributed by atoms with van der Waals surface area (Å²) in [5.41, 5.74) is 1.90. The first kappa shape index (κ1) is 12.8. The number of aromatic nitrogens is 2. The van der Waals surface area contributed by atoms with Gasteiger partial charge in [-0.2, -0.15) is 0 Å². The average Bonchev–Trinajstić information content (AvgIpc) is 2.33. The number of aldehydes is 1. The van der Waals surface area contributed by atoms with E-state index in [9.17, 15) is 4.79 Å². The molecule has 0 saturated heterocycles. The van der Waals surface area contributed by atoms with Gasteiger partial charge in [-0.1, -0.05) is 29.3 Å². The zero-order valence-electron chi connectivity index (χ0n) is 9.45. The Morgan fingerprint density at radius 1 is 1.28 bits per heavy atom. The molecule has 0 spiro atoms. The van der Waals surface area contributed by atoms with Gasteiger partial charge in [-0.05, 0) is 24.6 Å². The molecule has 0 aliphatic carbocycles. The standard InChI is InChI=1S/C12H9Cl2N3O/c1-7-2-3-10(9(13)4-7)17-12-8(5-18)11(14)15-6-16-12/h2-6H,1H3,(H,15,16,17). The molecule has 0 aliphatic rings. The number of carbonyl (C=O) groups excluding carboxylic acids is 1. The van der Waals surface area contributed by atoms with Crippen molar-refractivity contribution in [3.05, 3.63) is 45.8 Å². The van der Waals surface area contributed by atoms with Gasteiger partial charge in [-0.25, -0.2) is 9.97 Å². The van der Waals surface area contributed by atoms with Gasteiger partial charge in [0.15, 0.2) is 6.29 Å². The smallest absolute Gasteiger partial charge is 0.156 e. The predicted molar refractivity (Wildman–Crippen MR) is 71.9 cm³/mol. The van der Waals surface area contributed by atoms with Gasteiger partial charge < -0.3 is 5.32 Å². The number of anilines is 2. The van der Waals surface area contributed by atoms with Crippen molar-refractivity contribution in [1.82, 2.24) is 9.97 Å². The fraction of sp³-hybridized carbons (Fsp3) is 0.0833. The maximum atomic E-state index is 10.9. The van der Waals surface area contributed by atoms with E-state index in [0.29, 0.717) is 22.8 Å². The van der Waals surface area contributed by atoms with Crippen LogP contribution in [0.25, 0.3) is 0 Å². The fourth-order valence-electron chi connectivity index (χ4n) is 1.43. The Morgan fingerprint density at radius 3 is 2.72 bits per heavy atom. The molecule has 18 heavy (non-hydrogen) atoms. The van der Waals surface area contributed by atoms with E-state index in [-0.39, 0.29) is 10.7 Å². The third-order valence-electron chi connectivity index (χ3n) is 2.33. The number of rotatable bonds is 3. The number of hydrogen-bond acceptors (Lipinski definition) is 4. The molecule has 92 valence electrons. The van der Waals surface area contributed by atoms with Gasteiger partial charge in [0, 0.05) is 0 Å². The van der Waals surface area contributed by atoms with Crippen molar-refractivity contribution in [2.24, 2.45) is 0 Å². The molecule has 1 aromatic heterocycles. The van der Waals surface area contributed by atoms with Gasteiger partial charge in [-0.3, -0.25) is 4.79 Å². The Kier molecular flexibility index (Phi) is 3.79. The molecule has 6 heteroatoms. The summed E-state index contributed by atoms with van der Waals surface area (Å²) in [4.78, 5) is 18.7. The molecule has 4 nitrogen and oxygen atoms in total. The lowest BCUT2D eigenvalue weighted by Crippen LogP contribution is -2.01. The summed E-state index contributed by atoms with van der Waals surface area (Å²) in [6, 6.07) is 5.52. The Balaban J connectivity index is 2.40. The highest BCUT2D eigenvalue weighted by molar-refractivity contribution is 6.33. The minimum Gasteiger partial charge on any atom is -0.338 e. The highest BCUT2D eigenvalue weighted by Gasteiger charge is 2.10. The second kappa shape index (κ2) is 5.33. The van der Waals surface area contributed by atoms with Gasteiger partial charge in [-0.15, -0.1) is 0 Å². The maximum Gasteiger partial charge on any atom is 0.156 e. The molecule has 0 unspecified atom stereocenters. The minimum absolute atomic E-state index is 0.103. The third kappa shape index (κ3) is 2.60. The first-order valence-corrected chi connectivity index (χ1v) is 5.86. The monoisotopic (exact) mass is 281 g/mol. The molecule has 0 radical (unpaired) electrons. The molecule has 0 amide bonds. The molecule has 0 bridgehead atoms. The van der Waals surface area contributed by atoms with E-state index in [4.69, 9.17) is 23.2 Å². The second-order valence-corrected chi connectivity index (χ2v) is 4.42. The van der Waals surface area contributed by atoms with Crippen LogP contribution in [0.5, 0.6) is 0 Å². The topological polar surface area (TPSA) is 54.9 Å². The van der Waals surface area contributed by atoms with E-state index in [1.807, 2.05) is 25.1 Å². The van der Waals surface area contributed by atoms with Crippen LogP contribution >= 0.6 is 23.2 Å². The van der Waals surface area contributed by atoms with E-state index in [1.165, 1.54) is 6.33 Å². The van der Waals surface area contributed by atoms with Gasteiger partial charge >= 0.3 is 0 Å². The molecule has 1 aromatic carbocycles. The summed E-state index contributed by atoms with van der Waals surface area (Å²) in [7, 11) is 0. The van der Waals surface area contributed by atoms with E-state index in [0.717, 1.165) is 5.56 Å². The minimum atomic E-state index is 0.103. The zero-order chi connectivity index (χ0) is 13.1. The van der Waals surface area contributed by atoms with Crippen LogP contribution in [0.2, 0.25) is 10.2 Å². The Morgan fingerprint density at radius 2 is 2.06 bits per heavy atom. The summed E-state index contributed by atoms with van der Waals surface area (Å²) in [6.07, 6.45) is 1.88. The van der Waals surface area contributed by atoms with Crippen molar-refractivity contribution in [1.29, 1.82) is 0 Å². The van der Waals surface area contributed by atoms with E-state index in [2.05, 4.69) is 15.3 Å². The number of nitrogens with one attached hydrogen (secondary N) is 1. The van der Waals surface area contributed by atoms with Crippen LogP contribution in [0.3, 0.4) is 0 Å². The zero-order valence-corrected chi connectivity index (χ0v) is 11.0. The number of benzene rings is 1. The van der Waals surface area contributed by atoms with Gasteiger partial charge in [0.1, 0.15) is 17.3 Å². The predicted octanol–water partition coefficient (Wildman–Crippen LogP) is 3.65. The van der Waals surface area contributed by atoms with Gasteiger partial charge in [0.2, 0.25) is 0 Å². The lowest BCUT2D eigenvalue weighted by molar-refractivity contribution is 0.112. The molecule has 2 aromatic rings. The SMILES string of the molecule is Cc1ccc(Nc2ncnc(Cl)c2C=O)c(Cl)c1. The van der Waals surface area contributed by atoms with Crippen LogP contribution in [0.1, 0.15) is 15.9 Å². The number of carbonyl (C=O) groups is 1. The van der Waals surface area contributed by atoms with Gasteiger partial charge in [0.05, 0.1) is 16.3 Å². The average molecular weight is 282 g/mol. The molecule has 0 saturated carbocycles. The molecular weight excluding hydrogens is 273 g/mol. The lowest BCUT2D eigenvalue weighted by Gasteiger charge is -2.10. The summed E-state index contributed by atoms with van der Waals surface area (Å²) in [6.45, 7) is 1.94. The van der Waals surface area contributed by atoms with E-state index >= 15 is 0 Å². The van der Waals surface area contributed by atoms with Crippen LogP contribution in [-0.4, -0.2) is 16.3 Å². The van der Waals surface area contributed by atoms with Crippen LogP contribution in [0.4, 0.5) is 11.5 Å². The van der Waals surface area contributed by atoms with Crippen LogP contribution in [0.15, 0.2) is 24.5 Å². The third-order valence-corrected chi connectivity index (χ3v) is 2.94.